The fraction of sp³-hybridized carbons (Fsp3) is 0.583. The fourth-order valence-electron chi connectivity index (χ4n) is 1.88. The first-order valence-electron chi connectivity index (χ1n) is 6.11. The van der Waals surface area contributed by atoms with E-state index in [1.807, 2.05) is 0 Å². The molecule has 2 rings (SSSR count). The van der Waals surface area contributed by atoms with Crippen LogP contribution in [0.4, 0.5) is 5.69 Å². The van der Waals surface area contributed by atoms with Crippen LogP contribution in [0.5, 0.6) is 5.06 Å². The Bertz CT molecular complexity index is 478. The second kappa shape index (κ2) is 6.12. The third-order valence-corrected chi connectivity index (χ3v) is 4.04. The molecular weight excluding hydrogens is 270 g/mol. The van der Waals surface area contributed by atoms with Gasteiger partial charge in [-0.05, 0) is 26.2 Å². The molecule has 1 fully saturated rings. The summed E-state index contributed by atoms with van der Waals surface area (Å²) in [6, 6.07) is 1.27. The van der Waals surface area contributed by atoms with Gasteiger partial charge in [-0.3, -0.25) is 14.9 Å². The minimum atomic E-state index is -0.528. The Labute approximate surface area is 114 Å². The highest BCUT2D eigenvalue weighted by Crippen LogP contribution is 2.37. The standard InChI is InChI=1S/C12H15NO5S/c1-8(14)11-6-10(13(15)16)12(19-11)18-7-9-4-2-3-5-17-9/h6,9H,2-5,7H2,1H3. The van der Waals surface area contributed by atoms with Crippen LogP contribution in [-0.4, -0.2) is 30.0 Å². The van der Waals surface area contributed by atoms with Crippen LogP contribution in [-0.2, 0) is 4.74 Å². The molecule has 1 saturated heterocycles. The van der Waals surface area contributed by atoms with Gasteiger partial charge in [-0.2, -0.15) is 0 Å². The maximum atomic E-state index is 11.2. The van der Waals surface area contributed by atoms with Crippen molar-refractivity contribution in [3.05, 3.63) is 21.1 Å². The van der Waals surface area contributed by atoms with E-state index in [1.165, 1.54) is 13.0 Å². The number of hydrogen-bond donors (Lipinski definition) is 0. The Balaban J connectivity index is 2.05. The molecule has 0 spiro atoms. The van der Waals surface area contributed by atoms with Crippen molar-refractivity contribution < 1.29 is 19.2 Å². The van der Waals surface area contributed by atoms with Crippen LogP contribution in [0.15, 0.2) is 6.07 Å². The lowest BCUT2D eigenvalue weighted by molar-refractivity contribution is -0.385. The number of hydrogen-bond acceptors (Lipinski definition) is 6. The van der Waals surface area contributed by atoms with Gasteiger partial charge in [0, 0.05) is 12.7 Å². The number of nitrogens with zero attached hydrogens (tertiary/aromatic N) is 1. The lowest BCUT2D eigenvalue weighted by Gasteiger charge is -2.21. The summed E-state index contributed by atoms with van der Waals surface area (Å²) < 4.78 is 11.0. The first-order valence-corrected chi connectivity index (χ1v) is 6.93. The van der Waals surface area contributed by atoms with Crippen LogP contribution in [0.2, 0.25) is 0 Å². The quantitative estimate of drug-likeness (QED) is 0.472. The van der Waals surface area contributed by atoms with Gasteiger partial charge in [0.2, 0.25) is 0 Å². The number of thiophene rings is 1. The number of carbonyl (C=O) groups excluding carboxylic acids is 1. The molecule has 0 aromatic carbocycles. The Morgan fingerprint density at radius 1 is 1.63 bits per heavy atom. The summed E-state index contributed by atoms with van der Waals surface area (Å²) in [7, 11) is 0. The molecule has 1 unspecified atom stereocenters. The van der Waals surface area contributed by atoms with Crippen molar-refractivity contribution in [3.63, 3.8) is 0 Å². The molecule has 0 amide bonds. The van der Waals surface area contributed by atoms with E-state index in [1.54, 1.807) is 0 Å². The maximum Gasteiger partial charge on any atom is 0.323 e. The van der Waals surface area contributed by atoms with Crippen LogP contribution >= 0.6 is 11.3 Å². The van der Waals surface area contributed by atoms with Crippen molar-refractivity contribution in [3.8, 4) is 5.06 Å². The molecule has 0 N–H and O–H groups in total. The van der Waals surface area contributed by atoms with E-state index in [4.69, 9.17) is 9.47 Å². The molecule has 0 aliphatic carbocycles. The van der Waals surface area contributed by atoms with Crippen molar-refractivity contribution in [2.75, 3.05) is 13.2 Å². The zero-order chi connectivity index (χ0) is 13.8. The lowest BCUT2D eigenvalue weighted by Crippen LogP contribution is -2.25. The van der Waals surface area contributed by atoms with Crippen LogP contribution < -0.4 is 4.74 Å². The number of Topliss-reactive ketones (excluding diaryl/α,β-unsaturated/α-hetero) is 1. The maximum absolute atomic E-state index is 11.2. The number of ether oxygens (including phenoxy) is 2. The van der Waals surface area contributed by atoms with Gasteiger partial charge >= 0.3 is 5.69 Å². The Hall–Kier alpha value is -1.47. The van der Waals surface area contributed by atoms with Crippen LogP contribution in [0.25, 0.3) is 0 Å². The van der Waals surface area contributed by atoms with Gasteiger partial charge in [0.05, 0.1) is 15.9 Å². The average molecular weight is 285 g/mol. The molecule has 6 nitrogen and oxygen atoms in total. The first kappa shape index (κ1) is 14.0. The van der Waals surface area contributed by atoms with Crippen molar-refractivity contribution in [1.82, 2.24) is 0 Å². The number of carbonyl (C=O) groups is 1. The van der Waals surface area contributed by atoms with Gasteiger partial charge in [-0.25, -0.2) is 0 Å². The summed E-state index contributed by atoms with van der Waals surface area (Å²) in [4.78, 5) is 22.0. The van der Waals surface area contributed by atoms with Crippen LogP contribution in [0.3, 0.4) is 0 Å². The van der Waals surface area contributed by atoms with E-state index in [0.717, 1.165) is 30.6 Å². The Morgan fingerprint density at radius 3 is 3.00 bits per heavy atom. The average Bonchev–Trinajstić information content (AvgIpc) is 2.82. The Kier molecular flexibility index (Phi) is 4.49. The molecule has 1 aliphatic heterocycles. The van der Waals surface area contributed by atoms with Crippen molar-refractivity contribution in [2.24, 2.45) is 0 Å². The van der Waals surface area contributed by atoms with Crippen molar-refractivity contribution in [2.45, 2.75) is 32.3 Å². The highest BCUT2D eigenvalue weighted by molar-refractivity contribution is 7.16. The Morgan fingerprint density at radius 2 is 2.42 bits per heavy atom. The van der Waals surface area contributed by atoms with E-state index >= 15 is 0 Å². The number of rotatable bonds is 5. The van der Waals surface area contributed by atoms with Crippen LogP contribution in [0, 0.1) is 10.1 Å². The van der Waals surface area contributed by atoms with Crippen LogP contribution in [0.1, 0.15) is 35.9 Å². The lowest BCUT2D eigenvalue weighted by atomic mass is 10.1. The molecule has 1 aliphatic rings. The van der Waals surface area contributed by atoms with E-state index in [-0.39, 0.29) is 22.6 Å². The largest absolute Gasteiger partial charge is 0.476 e. The second-order valence-electron chi connectivity index (χ2n) is 4.40. The molecule has 0 radical (unpaired) electrons. The van der Waals surface area contributed by atoms with Gasteiger partial charge < -0.3 is 9.47 Å². The zero-order valence-corrected chi connectivity index (χ0v) is 11.4. The highest BCUT2D eigenvalue weighted by atomic mass is 32.1. The number of ketones is 1. The van der Waals surface area contributed by atoms with Gasteiger partial charge in [-0.15, -0.1) is 0 Å². The molecule has 19 heavy (non-hydrogen) atoms. The molecule has 1 aromatic heterocycles. The minimum absolute atomic E-state index is 0.0174. The summed E-state index contributed by atoms with van der Waals surface area (Å²) in [5.41, 5.74) is -0.147. The smallest absolute Gasteiger partial charge is 0.323 e. The zero-order valence-electron chi connectivity index (χ0n) is 10.6. The summed E-state index contributed by atoms with van der Waals surface area (Å²) in [6.07, 6.45) is 3.01. The summed E-state index contributed by atoms with van der Waals surface area (Å²) in [5.74, 6) is -0.197. The van der Waals surface area contributed by atoms with E-state index < -0.39 is 4.92 Å². The summed E-state index contributed by atoms with van der Waals surface area (Å²) in [6.45, 7) is 2.38. The molecule has 7 heteroatoms. The topological polar surface area (TPSA) is 78.7 Å². The fourth-order valence-corrected chi connectivity index (χ4v) is 2.76. The third-order valence-electron chi connectivity index (χ3n) is 2.90. The SMILES string of the molecule is CC(=O)c1cc([N+](=O)[O-])c(OCC2CCCCO2)s1. The molecule has 0 bridgehead atoms. The second-order valence-corrected chi connectivity index (χ2v) is 5.41. The molecule has 104 valence electrons. The van der Waals surface area contributed by atoms with E-state index in [9.17, 15) is 14.9 Å². The molecule has 2 heterocycles. The highest BCUT2D eigenvalue weighted by Gasteiger charge is 2.24. The minimum Gasteiger partial charge on any atom is -0.476 e. The first-order chi connectivity index (χ1) is 9.08. The van der Waals surface area contributed by atoms with Gasteiger partial charge in [0.25, 0.3) is 5.06 Å². The molecule has 1 atom stereocenters. The van der Waals surface area contributed by atoms with Gasteiger partial charge in [-0.1, -0.05) is 11.3 Å². The van der Waals surface area contributed by atoms with E-state index in [2.05, 4.69) is 0 Å². The monoisotopic (exact) mass is 285 g/mol. The van der Waals surface area contributed by atoms with E-state index in [0.29, 0.717) is 18.1 Å². The molecule has 1 aromatic rings. The molecule has 0 saturated carbocycles. The summed E-state index contributed by atoms with van der Waals surface area (Å²) in [5, 5.41) is 11.1. The predicted octanol–water partition coefficient (Wildman–Crippen LogP) is 2.81. The van der Waals surface area contributed by atoms with Crippen molar-refractivity contribution in [1.29, 1.82) is 0 Å². The number of nitro groups is 1. The third kappa shape index (κ3) is 3.51. The normalized spacial score (nSPS) is 19.1. The van der Waals surface area contributed by atoms with Gasteiger partial charge in [0.1, 0.15) is 6.61 Å². The molecular formula is C12H15NO5S. The van der Waals surface area contributed by atoms with Crippen molar-refractivity contribution >= 4 is 22.8 Å². The summed E-state index contributed by atoms with van der Waals surface area (Å²) >= 11 is 1.02. The van der Waals surface area contributed by atoms with Gasteiger partial charge in [0.15, 0.2) is 5.78 Å². The predicted molar refractivity (Wildman–Crippen MR) is 70.1 cm³/mol.